The molecule has 1 fully saturated rings. The summed E-state index contributed by atoms with van der Waals surface area (Å²) < 4.78 is 11.3. The van der Waals surface area contributed by atoms with Gasteiger partial charge in [0.2, 0.25) is 0 Å². The number of carbonyl (C=O) groups excluding carboxylic acids is 1. The number of nitrogens with one attached hydrogen (secondary N) is 1. The van der Waals surface area contributed by atoms with E-state index in [9.17, 15) is 4.79 Å². The second-order valence-corrected chi connectivity index (χ2v) is 11.2. The Hall–Kier alpha value is -3.47. The van der Waals surface area contributed by atoms with E-state index in [-0.39, 0.29) is 12.1 Å². The molecule has 3 aromatic rings. The molecular formula is C34H44N2O3. The molecule has 0 radical (unpaired) electrons. The van der Waals surface area contributed by atoms with Crippen molar-refractivity contribution >= 4 is 11.7 Å². The summed E-state index contributed by atoms with van der Waals surface area (Å²) in [5, 5.41) is 3.38. The number of ether oxygens (including phenoxy) is 2. The van der Waals surface area contributed by atoms with E-state index in [1.54, 1.807) is 14.2 Å². The summed E-state index contributed by atoms with van der Waals surface area (Å²) in [7, 11) is 3.30. The Morgan fingerprint density at radius 2 is 1.44 bits per heavy atom. The van der Waals surface area contributed by atoms with Gasteiger partial charge in [-0.1, -0.05) is 88.4 Å². The molecule has 0 atom stereocenters. The lowest BCUT2D eigenvalue weighted by Crippen LogP contribution is -2.44. The van der Waals surface area contributed by atoms with Gasteiger partial charge in [0, 0.05) is 17.3 Å². The van der Waals surface area contributed by atoms with Gasteiger partial charge in [-0.25, -0.2) is 4.79 Å². The maximum absolute atomic E-state index is 14.2. The Morgan fingerprint density at radius 3 is 2.00 bits per heavy atom. The van der Waals surface area contributed by atoms with Crippen LogP contribution >= 0.6 is 0 Å². The highest BCUT2D eigenvalue weighted by Gasteiger charge is 2.31. The molecule has 2 amide bonds. The third-order valence-corrected chi connectivity index (χ3v) is 8.10. The minimum atomic E-state index is -0.0574. The minimum absolute atomic E-state index is 0.0574. The molecular weight excluding hydrogens is 484 g/mol. The minimum Gasteiger partial charge on any atom is -0.493 e. The van der Waals surface area contributed by atoms with Crippen LogP contribution in [0.5, 0.6) is 11.5 Å². The fourth-order valence-electron chi connectivity index (χ4n) is 5.95. The van der Waals surface area contributed by atoms with Gasteiger partial charge in [0.1, 0.15) is 0 Å². The lowest BCUT2D eigenvalue weighted by atomic mass is 9.81. The molecule has 3 aromatic carbocycles. The number of para-hydroxylation sites is 2. The molecule has 1 aliphatic carbocycles. The second-order valence-electron chi connectivity index (χ2n) is 11.2. The number of carbonyl (C=O) groups is 1. The van der Waals surface area contributed by atoms with Crippen LogP contribution in [-0.2, 0) is 6.54 Å². The van der Waals surface area contributed by atoms with Crippen molar-refractivity contribution in [3.63, 3.8) is 0 Å². The fraction of sp³-hybridized carbons (Fsp3) is 0.441. The maximum atomic E-state index is 14.2. The molecule has 0 aliphatic heterocycles. The lowest BCUT2D eigenvalue weighted by molar-refractivity contribution is 0.157. The molecule has 4 rings (SSSR count). The summed E-state index contributed by atoms with van der Waals surface area (Å²) in [5.41, 5.74) is 5.63. The van der Waals surface area contributed by atoms with E-state index in [4.69, 9.17) is 9.47 Å². The van der Waals surface area contributed by atoms with Crippen molar-refractivity contribution < 1.29 is 14.3 Å². The number of anilines is 1. The number of nitrogens with zero attached hydrogens (tertiary/aromatic N) is 1. The van der Waals surface area contributed by atoms with Gasteiger partial charge in [-0.15, -0.1) is 0 Å². The van der Waals surface area contributed by atoms with E-state index in [1.165, 1.54) is 16.7 Å². The molecule has 5 heteroatoms. The van der Waals surface area contributed by atoms with Crippen LogP contribution in [0.4, 0.5) is 10.5 Å². The van der Waals surface area contributed by atoms with Crippen molar-refractivity contribution in [3.05, 3.63) is 89.0 Å². The molecule has 1 aliphatic rings. The van der Waals surface area contributed by atoms with Gasteiger partial charge in [-0.2, -0.15) is 0 Å². The standard InChI is InChI=1S/C34H44N2O3/c1-23(2)29-15-11-16-30(24(3)4)32(29)35-34(37)36(22-27-14-10-17-31(38-5)33(27)39-6)28-20-18-26(19-21-28)25-12-8-7-9-13-25/h7-17,23-24,26,28H,18-22H2,1-6H3,(H,35,37)/t26-,28-. The number of methoxy groups -OCH3 is 2. The first kappa shape index (κ1) is 28.5. The maximum Gasteiger partial charge on any atom is 0.322 e. The Balaban J connectivity index is 1.65. The molecule has 0 spiro atoms. The van der Waals surface area contributed by atoms with Gasteiger partial charge in [-0.05, 0) is 66.2 Å². The van der Waals surface area contributed by atoms with Crippen molar-refractivity contribution in [2.75, 3.05) is 19.5 Å². The van der Waals surface area contributed by atoms with Gasteiger partial charge < -0.3 is 19.7 Å². The number of amides is 2. The van der Waals surface area contributed by atoms with Gasteiger partial charge in [0.15, 0.2) is 11.5 Å². The summed E-state index contributed by atoms with van der Waals surface area (Å²) in [6, 6.07) is 23.1. The number of hydrogen-bond donors (Lipinski definition) is 1. The Kier molecular flexibility index (Phi) is 9.55. The van der Waals surface area contributed by atoms with Crippen molar-refractivity contribution in [2.45, 2.75) is 83.7 Å². The van der Waals surface area contributed by atoms with Gasteiger partial charge in [0.05, 0.1) is 20.8 Å². The van der Waals surface area contributed by atoms with Crippen LogP contribution < -0.4 is 14.8 Å². The first-order chi connectivity index (χ1) is 18.8. The Bertz CT molecular complexity index is 1200. The van der Waals surface area contributed by atoms with Crippen molar-refractivity contribution in [3.8, 4) is 11.5 Å². The van der Waals surface area contributed by atoms with Crippen LogP contribution in [-0.4, -0.2) is 31.2 Å². The van der Waals surface area contributed by atoms with Crippen molar-refractivity contribution in [2.24, 2.45) is 0 Å². The largest absolute Gasteiger partial charge is 0.493 e. The summed E-state index contributed by atoms with van der Waals surface area (Å²) >= 11 is 0. The van der Waals surface area contributed by atoms with Gasteiger partial charge in [0.25, 0.3) is 0 Å². The molecule has 5 nitrogen and oxygen atoms in total. The molecule has 0 bridgehead atoms. The normalized spacial score (nSPS) is 17.2. The zero-order valence-corrected chi connectivity index (χ0v) is 24.4. The molecule has 0 heterocycles. The van der Waals surface area contributed by atoms with E-state index >= 15 is 0 Å². The number of urea groups is 1. The summed E-state index contributed by atoms with van der Waals surface area (Å²) in [6.07, 6.45) is 4.05. The van der Waals surface area contributed by atoms with E-state index in [0.717, 1.165) is 36.9 Å². The summed E-state index contributed by atoms with van der Waals surface area (Å²) in [4.78, 5) is 16.2. The van der Waals surface area contributed by atoms with Crippen LogP contribution in [0.1, 0.15) is 93.4 Å². The zero-order chi connectivity index (χ0) is 27.9. The van der Waals surface area contributed by atoms with Crippen LogP contribution in [0.25, 0.3) is 0 Å². The molecule has 0 saturated heterocycles. The lowest BCUT2D eigenvalue weighted by Gasteiger charge is -2.38. The van der Waals surface area contributed by atoms with E-state index in [1.807, 2.05) is 23.1 Å². The highest BCUT2D eigenvalue weighted by Crippen LogP contribution is 2.38. The Labute approximate surface area is 234 Å². The average Bonchev–Trinajstić information content (AvgIpc) is 2.96. The highest BCUT2D eigenvalue weighted by molar-refractivity contribution is 5.91. The van der Waals surface area contributed by atoms with Gasteiger partial charge >= 0.3 is 6.03 Å². The third kappa shape index (κ3) is 6.58. The SMILES string of the molecule is COc1cccc(CN(C(=O)Nc2c(C(C)C)cccc2C(C)C)[C@H]2CC[C@H](c3ccccc3)CC2)c1OC. The molecule has 1 saturated carbocycles. The van der Waals surface area contributed by atoms with Crippen LogP contribution in [0.15, 0.2) is 66.7 Å². The van der Waals surface area contributed by atoms with E-state index in [0.29, 0.717) is 35.8 Å². The molecule has 0 aromatic heterocycles. The summed E-state index contributed by atoms with van der Waals surface area (Å²) in [6.45, 7) is 9.17. The van der Waals surface area contributed by atoms with E-state index in [2.05, 4.69) is 81.5 Å². The topological polar surface area (TPSA) is 50.8 Å². The molecule has 208 valence electrons. The van der Waals surface area contributed by atoms with Crippen LogP contribution in [0.3, 0.4) is 0 Å². The Morgan fingerprint density at radius 1 is 0.821 bits per heavy atom. The highest BCUT2D eigenvalue weighted by atomic mass is 16.5. The predicted octanol–water partition coefficient (Wildman–Crippen LogP) is 8.71. The number of benzene rings is 3. The first-order valence-electron chi connectivity index (χ1n) is 14.3. The average molecular weight is 529 g/mol. The monoisotopic (exact) mass is 528 g/mol. The first-order valence-corrected chi connectivity index (χ1v) is 14.3. The quantitative estimate of drug-likeness (QED) is 0.302. The van der Waals surface area contributed by atoms with Crippen LogP contribution in [0, 0.1) is 0 Å². The summed E-state index contributed by atoms with van der Waals surface area (Å²) in [5.74, 6) is 2.49. The smallest absolute Gasteiger partial charge is 0.322 e. The van der Waals surface area contributed by atoms with Crippen molar-refractivity contribution in [1.82, 2.24) is 4.90 Å². The van der Waals surface area contributed by atoms with Crippen molar-refractivity contribution in [1.29, 1.82) is 0 Å². The molecule has 39 heavy (non-hydrogen) atoms. The molecule has 1 N–H and O–H groups in total. The predicted molar refractivity (Wildman–Crippen MR) is 160 cm³/mol. The van der Waals surface area contributed by atoms with Crippen LogP contribution in [0.2, 0.25) is 0 Å². The fourth-order valence-corrected chi connectivity index (χ4v) is 5.95. The zero-order valence-electron chi connectivity index (χ0n) is 24.4. The van der Waals surface area contributed by atoms with Gasteiger partial charge in [-0.3, -0.25) is 0 Å². The number of hydrogen-bond acceptors (Lipinski definition) is 3. The second kappa shape index (κ2) is 13.1. The van der Waals surface area contributed by atoms with E-state index < -0.39 is 0 Å². The molecule has 0 unspecified atom stereocenters. The number of rotatable bonds is 9. The third-order valence-electron chi connectivity index (χ3n) is 8.10.